The molecule has 0 aliphatic carbocycles. The van der Waals surface area contributed by atoms with Crippen molar-refractivity contribution in [2.75, 3.05) is 51.3 Å². The molecular weight excluding hydrogens is 316 g/mol. The predicted octanol–water partition coefficient (Wildman–Crippen LogP) is 2.10. The van der Waals surface area contributed by atoms with E-state index >= 15 is 0 Å². The number of aromatic nitrogens is 2. The number of likely N-dealkylation sites (tertiary alicyclic amines) is 1. The second kappa shape index (κ2) is 7.56. The first kappa shape index (κ1) is 17.2. The molecule has 3 fully saturated rings. The van der Waals surface area contributed by atoms with Crippen LogP contribution in [0, 0.1) is 18.8 Å². The zero-order chi connectivity index (χ0) is 17.1. The second-order valence-electron chi connectivity index (χ2n) is 7.92. The summed E-state index contributed by atoms with van der Waals surface area (Å²) >= 11 is 0. The third kappa shape index (κ3) is 3.96. The van der Waals surface area contributed by atoms with Crippen molar-refractivity contribution in [2.24, 2.45) is 11.8 Å². The Morgan fingerprint density at radius 1 is 1.16 bits per heavy atom. The third-order valence-corrected chi connectivity index (χ3v) is 6.00. The molecule has 4 rings (SSSR count). The van der Waals surface area contributed by atoms with Crippen molar-refractivity contribution < 1.29 is 9.47 Å². The van der Waals surface area contributed by atoms with Crippen LogP contribution in [-0.2, 0) is 9.47 Å². The normalized spacial score (nSPS) is 26.7. The van der Waals surface area contributed by atoms with Gasteiger partial charge in [0.05, 0.1) is 5.60 Å². The van der Waals surface area contributed by atoms with E-state index in [9.17, 15) is 0 Å². The topological polar surface area (TPSA) is 59.5 Å². The van der Waals surface area contributed by atoms with E-state index in [2.05, 4.69) is 20.2 Å². The Kier molecular flexibility index (Phi) is 5.20. The molecule has 0 saturated carbocycles. The maximum Gasteiger partial charge on any atom is 0.222 e. The van der Waals surface area contributed by atoms with Gasteiger partial charge >= 0.3 is 0 Å². The van der Waals surface area contributed by atoms with Crippen LogP contribution >= 0.6 is 0 Å². The SMILES string of the molecule is Cc1cnc(NCC[C@H]2CCOC23CN(CC2CCOCC2)C3)nc1. The lowest BCUT2D eigenvalue weighted by Crippen LogP contribution is -2.65. The van der Waals surface area contributed by atoms with Crippen LogP contribution in [0.15, 0.2) is 12.4 Å². The molecule has 25 heavy (non-hydrogen) atoms. The van der Waals surface area contributed by atoms with Crippen LogP contribution in [0.25, 0.3) is 0 Å². The Labute approximate surface area is 150 Å². The Balaban J connectivity index is 1.22. The highest BCUT2D eigenvalue weighted by Crippen LogP contribution is 2.42. The van der Waals surface area contributed by atoms with Crippen LogP contribution in [0.2, 0.25) is 0 Å². The van der Waals surface area contributed by atoms with Crippen molar-refractivity contribution in [1.82, 2.24) is 14.9 Å². The predicted molar refractivity (Wildman–Crippen MR) is 96.6 cm³/mol. The number of nitrogens with one attached hydrogen (secondary N) is 1. The van der Waals surface area contributed by atoms with Crippen molar-refractivity contribution in [3.05, 3.63) is 18.0 Å². The molecule has 0 amide bonds. The van der Waals surface area contributed by atoms with Crippen molar-refractivity contribution in [3.8, 4) is 0 Å². The molecule has 3 aliphatic heterocycles. The summed E-state index contributed by atoms with van der Waals surface area (Å²) in [5.41, 5.74) is 1.20. The lowest BCUT2D eigenvalue weighted by Gasteiger charge is -2.51. The van der Waals surface area contributed by atoms with Gasteiger partial charge in [0.1, 0.15) is 0 Å². The van der Waals surface area contributed by atoms with Gasteiger partial charge in [-0.2, -0.15) is 0 Å². The summed E-state index contributed by atoms with van der Waals surface area (Å²) in [6.45, 7) is 9.15. The first-order chi connectivity index (χ1) is 12.2. The summed E-state index contributed by atoms with van der Waals surface area (Å²) in [7, 11) is 0. The Morgan fingerprint density at radius 2 is 1.92 bits per heavy atom. The minimum absolute atomic E-state index is 0.112. The molecule has 1 spiro atoms. The van der Waals surface area contributed by atoms with E-state index in [-0.39, 0.29) is 5.60 Å². The first-order valence-corrected chi connectivity index (χ1v) is 9.70. The van der Waals surface area contributed by atoms with Gasteiger partial charge in [0.2, 0.25) is 5.95 Å². The average molecular weight is 346 g/mol. The fourth-order valence-electron chi connectivity index (χ4n) is 4.52. The zero-order valence-electron chi connectivity index (χ0n) is 15.2. The summed E-state index contributed by atoms with van der Waals surface area (Å²) < 4.78 is 11.7. The highest BCUT2D eigenvalue weighted by molar-refractivity contribution is 5.24. The monoisotopic (exact) mass is 346 g/mol. The molecule has 1 N–H and O–H groups in total. The van der Waals surface area contributed by atoms with Crippen LogP contribution in [-0.4, -0.2) is 66.5 Å². The standard InChI is InChI=1S/C19H30N4O2/c1-15-10-21-18(22-11-15)20-6-2-17-5-9-25-19(17)13-23(14-19)12-16-3-7-24-8-4-16/h10-11,16-17H,2-9,12-14H2,1H3,(H,20,21,22)/t17-/m0/s1. The van der Waals surface area contributed by atoms with E-state index in [4.69, 9.17) is 9.47 Å². The molecule has 3 saturated heterocycles. The molecule has 1 atom stereocenters. The Bertz CT molecular complexity index is 553. The van der Waals surface area contributed by atoms with Gasteiger partial charge in [0.25, 0.3) is 0 Å². The van der Waals surface area contributed by atoms with E-state index < -0.39 is 0 Å². The smallest absolute Gasteiger partial charge is 0.222 e. The third-order valence-electron chi connectivity index (χ3n) is 6.00. The van der Waals surface area contributed by atoms with Gasteiger partial charge in [-0.3, -0.25) is 4.90 Å². The van der Waals surface area contributed by atoms with Gasteiger partial charge in [0, 0.05) is 58.4 Å². The molecule has 1 aromatic rings. The lowest BCUT2D eigenvalue weighted by molar-refractivity contribution is -0.139. The fourth-order valence-corrected chi connectivity index (χ4v) is 4.52. The van der Waals surface area contributed by atoms with E-state index in [0.29, 0.717) is 5.92 Å². The first-order valence-electron chi connectivity index (χ1n) is 9.70. The quantitative estimate of drug-likeness (QED) is 0.851. The highest BCUT2D eigenvalue weighted by atomic mass is 16.5. The minimum atomic E-state index is 0.112. The van der Waals surface area contributed by atoms with Crippen LogP contribution < -0.4 is 5.32 Å². The Morgan fingerprint density at radius 3 is 2.68 bits per heavy atom. The number of hydrogen-bond acceptors (Lipinski definition) is 6. The van der Waals surface area contributed by atoms with Gasteiger partial charge in [-0.05, 0) is 50.0 Å². The fraction of sp³-hybridized carbons (Fsp3) is 0.789. The van der Waals surface area contributed by atoms with Crippen LogP contribution in [0.1, 0.15) is 31.2 Å². The molecule has 0 unspecified atom stereocenters. The molecule has 0 radical (unpaired) electrons. The van der Waals surface area contributed by atoms with E-state index in [1.54, 1.807) is 0 Å². The van der Waals surface area contributed by atoms with E-state index in [0.717, 1.165) is 63.3 Å². The van der Waals surface area contributed by atoms with Gasteiger partial charge in [-0.25, -0.2) is 9.97 Å². The molecule has 0 aromatic carbocycles. The lowest BCUT2D eigenvalue weighted by atomic mass is 9.78. The van der Waals surface area contributed by atoms with Gasteiger partial charge in [-0.15, -0.1) is 0 Å². The largest absolute Gasteiger partial charge is 0.381 e. The molecule has 0 bridgehead atoms. The number of rotatable bonds is 6. The maximum atomic E-state index is 6.20. The molecule has 138 valence electrons. The number of ether oxygens (including phenoxy) is 2. The number of anilines is 1. The molecule has 4 heterocycles. The number of nitrogens with zero attached hydrogens (tertiary/aromatic N) is 3. The molecule has 6 heteroatoms. The van der Waals surface area contributed by atoms with E-state index in [1.165, 1.54) is 25.8 Å². The van der Waals surface area contributed by atoms with Gasteiger partial charge in [-0.1, -0.05) is 0 Å². The zero-order valence-corrected chi connectivity index (χ0v) is 15.2. The van der Waals surface area contributed by atoms with Gasteiger partial charge < -0.3 is 14.8 Å². The molecule has 1 aromatic heterocycles. The summed E-state index contributed by atoms with van der Waals surface area (Å²) in [4.78, 5) is 11.2. The highest BCUT2D eigenvalue weighted by Gasteiger charge is 2.52. The summed E-state index contributed by atoms with van der Waals surface area (Å²) in [6.07, 6.45) is 8.46. The van der Waals surface area contributed by atoms with Crippen LogP contribution in [0.3, 0.4) is 0 Å². The molecular formula is C19H30N4O2. The molecule has 3 aliphatic rings. The number of aryl methyl sites for hydroxylation is 1. The van der Waals surface area contributed by atoms with E-state index in [1.807, 2.05) is 19.3 Å². The molecule has 6 nitrogen and oxygen atoms in total. The summed E-state index contributed by atoms with van der Waals surface area (Å²) in [5, 5.41) is 3.36. The van der Waals surface area contributed by atoms with Gasteiger partial charge in [0.15, 0.2) is 0 Å². The summed E-state index contributed by atoms with van der Waals surface area (Å²) in [5.74, 6) is 2.19. The van der Waals surface area contributed by atoms with Crippen molar-refractivity contribution in [1.29, 1.82) is 0 Å². The van der Waals surface area contributed by atoms with Crippen molar-refractivity contribution in [2.45, 2.75) is 38.2 Å². The van der Waals surface area contributed by atoms with Crippen LogP contribution in [0.4, 0.5) is 5.95 Å². The van der Waals surface area contributed by atoms with Crippen LogP contribution in [0.5, 0.6) is 0 Å². The maximum absolute atomic E-state index is 6.20. The minimum Gasteiger partial charge on any atom is -0.381 e. The van der Waals surface area contributed by atoms with Crippen molar-refractivity contribution in [3.63, 3.8) is 0 Å². The Hall–Kier alpha value is -1.24. The number of hydrogen-bond donors (Lipinski definition) is 1. The second-order valence-corrected chi connectivity index (χ2v) is 7.92. The average Bonchev–Trinajstić information content (AvgIpc) is 3.01. The van der Waals surface area contributed by atoms with Crippen molar-refractivity contribution >= 4 is 5.95 Å². The summed E-state index contributed by atoms with van der Waals surface area (Å²) in [6, 6.07) is 0.